The van der Waals surface area contributed by atoms with E-state index in [0.717, 1.165) is 51.3 Å². The monoisotopic (exact) mass is 486 g/mol. The first-order chi connectivity index (χ1) is 16.7. The molecule has 0 bridgehead atoms. The molecule has 2 heterocycles. The maximum atomic E-state index is 5.42. The van der Waals surface area contributed by atoms with Crippen LogP contribution in [0.3, 0.4) is 0 Å². The lowest BCUT2D eigenvalue weighted by molar-refractivity contribution is 0.402. The number of methoxy groups -OCH3 is 1. The molecule has 2 aliphatic rings. The highest BCUT2D eigenvalue weighted by atomic mass is 32.2. The number of nitrogens with one attached hydrogen (secondary N) is 1. The summed E-state index contributed by atoms with van der Waals surface area (Å²) in [5.74, 6) is 0.818. The van der Waals surface area contributed by atoms with E-state index in [1.54, 1.807) is 18.4 Å². The smallest absolute Gasteiger partial charge is 0.183 e. The highest BCUT2D eigenvalue weighted by molar-refractivity contribution is 8.14. The molecule has 1 aliphatic heterocycles. The van der Waals surface area contributed by atoms with Gasteiger partial charge in [-0.1, -0.05) is 65.6 Å². The molecule has 0 saturated carbocycles. The number of ether oxygens (including phenoxy) is 1. The summed E-state index contributed by atoms with van der Waals surface area (Å²) in [4.78, 5) is 12.0. The lowest BCUT2D eigenvalue weighted by Crippen LogP contribution is -2.23. The van der Waals surface area contributed by atoms with Crippen LogP contribution in [0.4, 0.5) is 10.8 Å². The van der Waals surface area contributed by atoms with Crippen LogP contribution in [-0.4, -0.2) is 41.0 Å². The van der Waals surface area contributed by atoms with Gasteiger partial charge in [-0.2, -0.15) is 0 Å². The van der Waals surface area contributed by atoms with Crippen LogP contribution in [0.2, 0.25) is 0 Å². The third kappa shape index (κ3) is 3.93. The van der Waals surface area contributed by atoms with Crippen LogP contribution in [0.25, 0.3) is 10.2 Å². The van der Waals surface area contributed by atoms with Gasteiger partial charge in [0.25, 0.3) is 0 Å². The summed E-state index contributed by atoms with van der Waals surface area (Å²) in [7, 11) is 3.86. The van der Waals surface area contributed by atoms with E-state index in [-0.39, 0.29) is 0 Å². The lowest BCUT2D eigenvalue weighted by Gasteiger charge is -2.21. The summed E-state index contributed by atoms with van der Waals surface area (Å²) < 4.78 is 6.55. The second kappa shape index (κ2) is 8.96. The normalized spacial score (nSPS) is 20.1. The molecule has 1 saturated heterocycles. The minimum Gasteiger partial charge on any atom is -0.494 e. The van der Waals surface area contributed by atoms with Gasteiger partial charge >= 0.3 is 0 Å². The van der Waals surface area contributed by atoms with Gasteiger partial charge in [-0.15, -0.1) is 0 Å². The van der Waals surface area contributed by atoms with Crippen molar-refractivity contribution in [3.8, 4) is 5.75 Å². The van der Waals surface area contributed by atoms with Gasteiger partial charge in [-0.05, 0) is 53.8 Å². The fourth-order valence-electron chi connectivity index (χ4n) is 4.87. The molecule has 7 heteroatoms. The quantitative estimate of drug-likeness (QED) is 0.347. The van der Waals surface area contributed by atoms with E-state index in [2.05, 4.69) is 76.8 Å². The number of thioether (sulfide) groups is 1. The van der Waals surface area contributed by atoms with Gasteiger partial charge in [0.1, 0.15) is 11.3 Å². The van der Waals surface area contributed by atoms with E-state index in [1.165, 1.54) is 16.7 Å². The Morgan fingerprint density at radius 2 is 1.94 bits per heavy atom. The highest BCUT2D eigenvalue weighted by Gasteiger charge is 2.43. The zero-order chi connectivity index (χ0) is 23.1. The summed E-state index contributed by atoms with van der Waals surface area (Å²) in [6.07, 6.45) is 2.06. The molecule has 1 N–H and O–H groups in total. The molecule has 0 amide bonds. The first-order valence-corrected chi connectivity index (χ1v) is 13.2. The zero-order valence-corrected chi connectivity index (χ0v) is 20.8. The summed E-state index contributed by atoms with van der Waals surface area (Å²) in [5, 5.41) is 6.06. The number of para-hydroxylation sites is 1. The Labute approximate surface area is 207 Å². The van der Waals surface area contributed by atoms with Crippen LogP contribution in [-0.2, 0) is 12.8 Å². The number of benzene rings is 3. The van der Waals surface area contributed by atoms with E-state index >= 15 is 0 Å². The third-order valence-corrected chi connectivity index (χ3v) is 8.87. The topological polar surface area (TPSA) is 49.8 Å². The number of aliphatic imine (C=N–C) groups is 1. The van der Waals surface area contributed by atoms with Crippen LogP contribution in [0.15, 0.2) is 71.7 Å². The number of hydrogen-bond acceptors (Lipinski definition) is 6. The van der Waals surface area contributed by atoms with E-state index in [4.69, 9.17) is 9.73 Å². The van der Waals surface area contributed by atoms with Crippen LogP contribution >= 0.6 is 23.1 Å². The zero-order valence-electron chi connectivity index (χ0n) is 19.2. The fourth-order valence-corrected chi connectivity index (χ4v) is 7.21. The number of hydrogen-bond donors (Lipinski definition) is 1. The highest BCUT2D eigenvalue weighted by Crippen LogP contribution is 2.48. The van der Waals surface area contributed by atoms with Crippen LogP contribution in [0, 0.1) is 0 Å². The first-order valence-electron chi connectivity index (χ1n) is 11.5. The van der Waals surface area contributed by atoms with E-state index in [1.807, 2.05) is 23.9 Å². The molecule has 3 aromatic carbocycles. The first kappa shape index (κ1) is 21.5. The van der Waals surface area contributed by atoms with Gasteiger partial charge < -0.3 is 15.0 Å². The molecule has 1 unspecified atom stereocenters. The Morgan fingerprint density at radius 3 is 2.79 bits per heavy atom. The maximum Gasteiger partial charge on any atom is 0.183 e. The second-order valence-corrected chi connectivity index (χ2v) is 10.9. The molecule has 6 rings (SSSR count). The molecular formula is C27H26N4OS2. The molecule has 0 spiro atoms. The summed E-state index contributed by atoms with van der Waals surface area (Å²) >= 11 is 3.57. The molecule has 1 aromatic heterocycles. The van der Waals surface area contributed by atoms with E-state index in [0.29, 0.717) is 11.3 Å². The Bertz CT molecular complexity index is 1360. The molecule has 34 heavy (non-hydrogen) atoms. The van der Waals surface area contributed by atoms with Crippen molar-refractivity contribution in [2.45, 2.75) is 24.1 Å². The number of nitrogens with zero attached hydrogens (tertiary/aromatic N) is 3. The van der Waals surface area contributed by atoms with Crippen molar-refractivity contribution in [3.05, 3.63) is 83.4 Å². The molecule has 1 aliphatic carbocycles. The molecule has 5 nitrogen and oxygen atoms in total. The van der Waals surface area contributed by atoms with Gasteiger partial charge in [0.05, 0.1) is 23.5 Å². The Hall–Kier alpha value is -3.03. The van der Waals surface area contributed by atoms with Gasteiger partial charge in [0, 0.05) is 18.8 Å². The van der Waals surface area contributed by atoms with Crippen molar-refractivity contribution in [3.63, 3.8) is 0 Å². The number of aromatic nitrogens is 1. The number of rotatable bonds is 6. The van der Waals surface area contributed by atoms with Gasteiger partial charge in [-0.3, -0.25) is 0 Å². The van der Waals surface area contributed by atoms with Crippen molar-refractivity contribution >= 4 is 49.3 Å². The number of anilines is 1. The predicted molar refractivity (Wildman–Crippen MR) is 144 cm³/mol. The number of fused-ring (bicyclic) bond motifs is 4. The van der Waals surface area contributed by atoms with Crippen LogP contribution < -0.4 is 10.1 Å². The maximum absolute atomic E-state index is 5.42. The average molecular weight is 487 g/mol. The Balaban J connectivity index is 1.08. The summed E-state index contributed by atoms with van der Waals surface area (Å²) in [6, 6.07) is 23.9. The van der Waals surface area contributed by atoms with E-state index < -0.39 is 0 Å². The van der Waals surface area contributed by atoms with Crippen molar-refractivity contribution in [1.82, 2.24) is 9.88 Å². The molecule has 2 atom stereocenters. The SMILES string of the molecule is COc1cccc2sc(NCCc3ccc(/N=C4\SC5Cc6ccccc6[C@@H]5N4C)cc3)nc12. The second-order valence-electron chi connectivity index (χ2n) is 8.68. The van der Waals surface area contributed by atoms with Crippen molar-refractivity contribution in [1.29, 1.82) is 0 Å². The molecule has 4 aromatic rings. The fraction of sp³-hybridized carbons (Fsp3) is 0.259. The molecule has 1 fully saturated rings. The molecular weight excluding hydrogens is 460 g/mol. The summed E-state index contributed by atoms with van der Waals surface area (Å²) in [6.45, 7) is 0.831. The van der Waals surface area contributed by atoms with Crippen LogP contribution in [0.5, 0.6) is 5.75 Å². The summed E-state index contributed by atoms with van der Waals surface area (Å²) in [5.41, 5.74) is 6.16. The Kier molecular flexibility index (Phi) is 5.67. The largest absolute Gasteiger partial charge is 0.494 e. The minimum atomic E-state index is 0.438. The standard InChI is InChI=1S/C27H26N4OS2/c1-31-25-20-7-4-3-6-18(20)16-23(25)34-27(31)29-19-12-10-17(11-13-19)14-15-28-26-30-24-21(32-2)8-5-9-22(24)33-26/h3-13,23,25H,14-16H2,1-2H3,(H,28,30)/b29-27-/t23?,25-/m0/s1. The average Bonchev–Trinajstić information content (AvgIpc) is 3.52. The predicted octanol–water partition coefficient (Wildman–Crippen LogP) is 6.29. The minimum absolute atomic E-state index is 0.438. The van der Waals surface area contributed by atoms with Gasteiger partial charge in [-0.25, -0.2) is 9.98 Å². The van der Waals surface area contributed by atoms with Crippen molar-refractivity contribution < 1.29 is 4.74 Å². The van der Waals surface area contributed by atoms with E-state index in [9.17, 15) is 0 Å². The van der Waals surface area contributed by atoms with Gasteiger partial charge in [0.15, 0.2) is 10.3 Å². The lowest BCUT2D eigenvalue weighted by atomic mass is 10.1. The molecule has 172 valence electrons. The van der Waals surface area contributed by atoms with Crippen LogP contribution in [0.1, 0.15) is 22.7 Å². The van der Waals surface area contributed by atoms with Crippen molar-refractivity contribution in [2.24, 2.45) is 4.99 Å². The molecule has 0 radical (unpaired) electrons. The number of amidine groups is 1. The van der Waals surface area contributed by atoms with Crippen molar-refractivity contribution in [2.75, 3.05) is 26.0 Å². The third-order valence-electron chi connectivity index (χ3n) is 6.58. The van der Waals surface area contributed by atoms with Gasteiger partial charge in [0.2, 0.25) is 0 Å². The Morgan fingerprint density at radius 1 is 1.09 bits per heavy atom. The number of thiazole rings is 1.